The number of hydrogen-bond acceptors (Lipinski definition) is 6. The Hall–Kier alpha value is -3.82. The maximum absolute atomic E-state index is 13.8. The minimum absolute atomic E-state index is 0.176. The molecule has 0 unspecified atom stereocenters. The lowest BCUT2D eigenvalue weighted by Crippen LogP contribution is -2.66. The number of likely N-dealkylation sites (tertiary alicyclic amines) is 1. The highest BCUT2D eigenvalue weighted by Crippen LogP contribution is 2.47. The lowest BCUT2D eigenvalue weighted by molar-refractivity contribution is -0.140. The van der Waals surface area contributed by atoms with Gasteiger partial charge >= 0.3 is 0 Å². The third-order valence-corrected chi connectivity index (χ3v) is 15.7. The van der Waals surface area contributed by atoms with Gasteiger partial charge in [0.1, 0.15) is 5.75 Å². The minimum Gasteiger partial charge on any atom is -0.508 e. The number of imide groups is 1. The molecule has 8 heteroatoms. The average molecular weight is 710 g/mol. The van der Waals surface area contributed by atoms with Crippen LogP contribution in [0.15, 0.2) is 102 Å². The number of nitrogens with zero attached hydrogens (tertiary/aromatic N) is 1. The monoisotopic (exact) mass is 709 g/mol. The molecule has 0 bridgehead atoms. The number of phenolic OH excluding ortho intramolecular Hbond substituents is 1. The number of carbonyl (C=O) groups is 2. The Bertz CT molecular complexity index is 1670. The van der Waals surface area contributed by atoms with Crippen molar-refractivity contribution in [2.45, 2.75) is 84.3 Å². The first-order valence-corrected chi connectivity index (χ1v) is 20.5. The van der Waals surface area contributed by atoms with E-state index in [0.717, 1.165) is 39.9 Å². The molecule has 4 atom stereocenters. The van der Waals surface area contributed by atoms with Crippen molar-refractivity contribution in [1.82, 2.24) is 4.90 Å². The average Bonchev–Trinajstić information content (AvgIpc) is 3.35. The van der Waals surface area contributed by atoms with E-state index in [-0.39, 0.29) is 35.8 Å². The maximum atomic E-state index is 13.8. The van der Waals surface area contributed by atoms with Gasteiger partial charge in [0.15, 0.2) is 0 Å². The van der Waals surface area contributed by atoms with Gasteiger partial charge in [0.25, 0.3) is 8.32 Å². The van der Waals surface area contributed by atoms with E-state index < -0.39 is 32.2 Å². The summed E-state index contributed by atoms with van der Waals surface area (Å²) in [5, 5.41) is 35.1. The summed E-state index contributed by atoms with van der Waals surface area (Å²) < 4.78 is 7.36. The number of amides is 2. The Kier molecular flexibility index (Phi) is 12.6. The van der Waals surface area contributed by atoms with E-state index in [0.29, 0.717) is 37.8 Å². The van der Waals surface area contributed by atoms with Crippen LogP contribution < -0.4 is 10.4 Å². The Balaban J connectivity index is 1.58. The first kappa shape index (κ1) is 38.4. The summed E-state index contributed by atoms with van der Waals surface area (Å²) in [5.74, 6) is -2.26. The Morgan fingerprint density at radius 2 is 1.57 bits per heavy atom. The fourth-order valence-electron chi connectivity index (χ4n) is 8.48. The number of aromatic hydroxyl groups is 1. The van der Waals surface area contributed by atoms with Crippen LogP contribution in [0.1, 0.15) is 78.7 Å². The summed E-state index contributed by atoms with van der Waals surface area (Å²) in [6, 6.07) is 27.9. The van der Waals surface area contributed by atoms with Gasteiger partial charge in [-0.1, -0.05) is 125 Å². The number of allylic oxidation sites excluding steroid dienone is 1. The second-order valence-electron chi connectivity index (χ2n) is 15.2. The second kappa shape index (κ2) is 16.7. The maximum Gasteiger partial charge on any atom is 0.261 e. The summed E-state index contributed by atoms with van der Waals surface area (Å²) in [7, 11) is -2.99. The Morgan fingerprint density at radius 3 is 2.12 bits per heavy atom. The lowest BCUT2D eigenvalue weighted by atomic mass is 9.68. The predicted octanol–water partition coefficient (Wildman–Crippen LogP) is 6.61. The molecule has 0 saturated carbocycles. The molecule has 0 aromatic heterocycles. The molecule has 2 aliphatic rings. The highest BCUT2D eigenvalue weighted by atomic mass is 28.4. The van der Waals surface area contributed by atoms with Crippen LogP contribution in [0.5, 0.6) is 5.75 Å². The summed E-state index contributed by atoms with van der Waals surface area (Å²) >= 11 is 0. The van der Waals surface area contributed by atoms with Crippen molar-refractivity contribution in [1.29, 1.82) is 0 Å². The summed E-state index contributed by atoms with van der Waals surface area (Å²) in [5.41, 5.74) is 3.49. The molecule has 51 heavy (non-hydrogen) atoms. The van der Waals surface area contributed by atoms with Crippen LogP contribution in [-0.4, -0.2) is 66.2 Å². The van der Waals surface area contributed by atoms with Crippen molar-refractivity contribution in [3.63, 3.8) is 0 Å². The van der Waals surface area contributed by atoms with Gasteiger partial charge in [-0.25, -0.2) is 0 Å². The molecule has 2 amide bonds. The fraction of sp³-hybridized carbons (Fsp3) is 0.442. The van der Waals surface area contributed by atoms with E-state index in [9.17, 15) is 24.9 Å². The van der Waals surface area contributed by atoms with Gasteiger partial charge in [0.2, 0.25) is 11.8 Å². The van der Waals surface area contributed by atoms with Crippen molar-refractivity contribution in [3.8, 4) is 5.75 Å². The molecule has 272 valence electrons. The largest absolute Gasteiger partial charge is 0.508 e. The normalized spacial score (nSPS) is 20.6. The molecule has 5 rings (SSSR count). The van der Waals surface area contributed by atoms with E-state index in [1.54, 1.807) is 12.1 Å². The molecular weight excluding hydrogens is 655 g/mol. The van der Waals surface area contributed by atoms with Crippen LogP contribution >= 0.6 is 0 Å². The van der Waals surface area contributed by atoms with Crippen molar-refractivity contribution in [3.05, 3.63) is 107 Å². The smallest absolute Gasteiger partial charge is 0.261 e. The van der Waals surface area contributed by atoms with Gasteiger partial charge < -0.3 is 19.7 Å². The van der Waals surface area contributed by atoms with Crippen LogP contribution in [0, 0.1) is 17.8 Å². The number of aliphatic hydroxyl groups is 2. The van der Waals surface area contributed by atoms with Gasteiger partial charge in [-0.15, -0.1) is 0 Å². The SMILES string of the molecule is CCC/C(=C\c1cccc(O)c1)CC[C@@H](O)C1=C(CO[Si](c2ccccc2)(c2ccccc2)C(C)(C)C)C[C@H]2C(=O)N(CCC)C(=O)[C@H]2[C@H]1CO. The second-order valence-corrected chi connectivity index (χ2v) is 19.5. The predicted molar refractivity (Wildman–Crippen MR) is 206 cm³/mol. The summed E-state index contributed by atoms with van der Waals surface area (Å²) in [6.07, 6.45) is 4.81. The van der Waals surface area contributed by atoms with Crippen LogP contribution in [-0.2, 0) is 14.0 Å². The quantitative estimate of drug-likeness (QED) is 0.0932. The number of phenols is 1. The lowest BCUT2D eigenvalue weighted by Gasteiger charge is -2.44. The number of rotatable bonds is 15. The van der Waals surface area contributed by atoms with Crippen LogP contribution in [0.2, 0.25) is 5.04 Å². The van der Waals surface area contributed by atoms with Crippen molar-refractivity contribution in [2.75, 3.05) is 19.8 Å². The number of hydrogen-bond donors (Lipinski definition) is 3. The van der Waals surface area contributed by atoms with Gasteiger partial charge in [-0.2, -0.15) is 0 Å². The van der Waals surface area contributed by atoms with Crippen LogP contribution in [0.3, 0.4) is 0 Å². The first-order valence-electron chi connectivity index (χ1n) is 18.6. The summed E-state index contributed by atoms with van der Waals surface area (Å²) in [4.78, 5) is 29.0. The molecule has 3 N–H and O–H groups in total. The Labute approximate surface area is 304 Å². The topological polar surface area (TPSA) is 107 Å². The van der Waals surface area contributed by atoms with Crippen molar-refractivity contribution in [2.24, 2.45) is 17.8 Å². The van der Waals surface area contributed by atoms with E-state index in [1.807, 2.05) is 55.5 Å². The Morgan fingerprint density at radius 1 is 0.922 bits per heavy atom. The number of fused-ring (bicyclic) bond motifs is 1. The van der Waals surface area contributed by atoms with E-state index in [2.05, 4.69) is 58.0 Å². The number of aliphatic hydroxyl groups excluding tert-OH is 2. The van der Waals surface area contributed by atoms with E-state index in [4.69, 9.17) is 4.43 Å². The molecule has 1 aliphatic heterocycles. The third kappa shape index (κ3) is 7.99. The molecule has 0 spiro atoms. The highest BCUT2D eigenvalue weighted by Gasteiger charge is 2.55. The number of benzene rings is 3. The molecular formula is C43H55NO6Si. The molecule has 3 aromatic carbocycles. The molecule has 3 aromatic rings. The zero-order valence-corrected chi connectivity index (χ0v) is 31.8. The highest BCUT2D eigenvalue weighted by molar-refractivity contribution is 6.99. The zero-order valence-electron chi connectivity index (χ0n) is 30.8. The molecule has 1 saturated heterocycles. The standard InChI is InChI=1S/C43H55NO6Si/c1-6-15-30(25-31-16-14-17-33(46)26-31)22-23-38(47)39-32(27-36-40(37(39)28-45)42(49)44(24-7-2)41(36)48)29-50-51(43(3,4)5,34-18-10-8-11-19-34)35-20-12-9-13-21-35/h8-14,16-21,25-26,36-38,40,45-47H,6-7,15,22-24,27-29H2,1-5H3/b30-25+/t36-,37+,38-,40-/m1/s1. The minimum atomic E-state index is -2.99. The van der Waals surface area contributed by atoms with E-state index in [1.165, 1.54) is 4.90 Å². The van der Waals surface area contributed by atoms with Gasteiger partial charge in [0, 0.05) is 12.5 Å². The summed E-state index contributed by atoms with van der Waals surface area (Å²) in [6.45, 7) is 10.9. The van der Waals surface area contributed by atoms with Crippen LogP contribution in [0.25, 0.3) is 6.08 Å². The number of carbonyl (C=O) groups excluding carboxylic acids is 2. The van der Waals surface area contributed by atoms with Crippen molar-refractivity contribution >= 4 is 36.6 Å². The van der Waals surface area contributed by atoms with Crippen LogP contribution in [0.4, 0.5) is 0 Å². The molecule has 7 nitrogen and oxygen atoms in total. The fourth-order valence-corrected chi connectivity index (χ4v) is 13.0. The first-order chi connectivity index (χ1) is 24.5. The molecule has 0 radical (unpaired) electrons. The van der Waals surface area contributed by atoms with Crippen molar-refractivity contribution < 1.29 is 29.3 Å². The molecule has 1 aliphatic carbocycles. The molecule has 1 heterocycles. The molecule has 1 fully saturated rings. The van der Waals surface area contributed by atoms with Gasteiger partial charge in [0.05, 0.1) is 31.2 Å². The van der Waals surface area contributed by atoms with Gasteiger partial charge in [-0.05, 0) is 76.4 Å². The van der Waals surface area contributed by atoms with Gasteiger partial charge in [-0.3, -0.25) is 14.5 Å². The third-order valence-electron chi connectivity index (χ3n) is 10.7. The zero-order chi connectivity index (χ0) is 36.8. The van der Waals surface area contributed by atoms with E-state index >= 15 is 0 Å².